The quantitative estimate of drug-likeness (QED) is 0.499. The minimum Gasteiger partial charge on any atom is -0.462 e. The first kappa shape index (κ1) is 21.5. The number of carbonyl (C=O) groups excluding carboxylic acids is 2. The summed E-state index contributed by atoms with van der Waals surface area (Å²) < 4.78 is 43.3. The van der Waals surface area contributed by atoms with Gasteiger partial charge in [-0.2, -0.15) is 13.2 Å². The summed E-state index contributed by atoms with van der Waals surface area (Å²) in [6.45, 7) is 2.20. The van der Waals surface area contributed by atoms with E-state index in [1.54, 1.807) is 0 Å². The Morgan fingerprint density at radius 3 is 2.43 bits per heavy atom. The molecule has 1 amide bonds. The van der Waals surface area contributed by atoms with E-state index >= 15 is 0 Å². The first-order chi connectivity index (χ1) is 13.2. The lowest BCUT2D eigenvalue weighted by Gasteiger charge is -2.08. The van der Waals surface area contributed by atoms with Crippen LogP contribution in [-0.2, 0) is 15.7 Å². The van der Waals surface area contributed by atoms with E-state index < -0.39 is 23.6 Å². The molecule has 2 rings (SSSR count). The molecule has 0 aliphatic rings. The van der Waals surface area contributed by atoms with Crippen molar-refractivity contribution in [1.82, 2.24) is 0 Å². The van der Waals surface area contributed by atoms with Crippen LogP contribution in [0.1, 0.15) is 34.8 Å². The second-order valence-corrected chi connectivity index (χ2v) is 6.18. The number of hydrogen-bond donors (Lipinski definition) is 1. The van der Waals surface area contributed by atoms with Crippen LogP contribution in [0.25, 0.3) is 6.08 Å². The lowest BCUT2D eigenvalue weighted by atomic mass is 10.1. The number of rotatable bonds is 6. The molecule has 0 radical (unpaired) electrons. The molecule has 2 aromatic rings. The number of hydrogen-bond acceptors (Lipinski definition) is 3. The molecule has 8 heteroatoms. The highest BCUT2D eigenvalue weighted by molar-refractivity contribution is 6.32. The summed E-state index contributed by atoms with van der Waals surface area (Å²) >= 11 is 5.88. The van der Waals surface area contributed by atoms with Gasteiger partial charge < -0.3 is 10.1 Å². The summed E-state index contributed by atoms with van der Waals surface area (Å²) in [6.07, 6.45) is -1.52. The van der Waals surface area contributed by atoms with E-state index in [0.717, 1.165) is 24.3 Å². The van der Waals surface area contributed by atoms with Gasteiger partial charge in [0.15, 0.2) is 0 Å². The van der Waals surface area contributed by atoms with Gasteiger partial charge in [-0.15, -0.1) is 0 Å². The number of benzene rings is 2. The van der Waals surface area contributed by atoms with E-state index in [4.69, 9.17) is 16.3 Å². The molecule has 1 N–H and O–H groups in total. The standard InChI is InChI=1S/C20H17ClF3NO3/c1-2-11-28-19(27)13-3-7-16(8-4-13)25-18(26)10-5-14-12-15(20(22,23)24)6-9-17(14)21/h3-10,12H,2,11H2,1H3,(H,25,26)/b10-5+. The summed E-state index contributed by atoms with van der Waals surface area (Å²) in [7, 11) is 0. The highest BCUT2D eigenvalue weighted by Crippen LogP contribution is 2.32. The van der Waals surface area contributed by atoms with E-state index in [9.17, 15) is 22.8 Å². The molecule has 0 saturated carbocycles. The largest absolute Gasteiger partial charge is 0.462 e. The minimum absolute atomic E-state index is 0.0701. The highest BCUT2D eigenvalue weighted by Gasteiger charge is 2.30. The number of ether oxygens (including phenoxy) is 1. The van der Waals surface area contributed by atoms with Crippen LogP contribution in [0, 0.1) is 0 Å². The predicted octanol–water partition coefficient (Wildman–Crippen LogP) is 5.58. The fourth-order valence-electron chi connectivity index (χ4n) is 2.16. The molecule has 0 heterocycles. The Morgan fingerprint density at radius 2 is 1.82 bits per heavy atom. The fourth-order valence-corrected chi connectivity index (χ4v) is 2.35. The van der Waals surface area contributed by atoms with Gasteiger partial charge in [0.25, 0.3) is 0 Å². The normalized spacial score (nSPS) is 11.5. The summed E-state index contributed by atoms with van der Waals surface area (Å²) in [6, 6.07) is 8.90. The van der Waals surface area contributed by atoms with Crippen molar-refractivity contribution in [2.75, 3.05) is 11.9 Å². The number of esters is 1. The molecule has 0 saturated heterocycles. The summed E-state index contributed by atoms with van der Waals surface area (Å²) in [5, 5.41) is 2.63. The van der Waals surface area contributed by atoms with Crippen molar-refractivity contribution in [2.45, 2.75) is 19.5 Å². The van der Waals surface area contributed by atoms with Crippen molar-refractivity contribution < 1.29 is 27.5 Å². The minimum atomic E-state index is -4.50. The lowest BCUT2D eigenvalue weighted by Crippen LogP contribution is -2.09. The van der Waals surface area contributed by atoms with Gasteiger partial charge in [-0.1, -0.05) is 18.5 Å². The van der Waals surface area contributed by atoms with Crippen LogP contribution >= 0.6 is 11.6 Å². The summed E-state index contributed by atoms with van der Waals surface area (Å²) in [5.41, 5.74) is -0.0299. The Morgan fingerprint density at radius 1 is 1.14 bits per heavy atom. The number of alkyl halides is 3. The Balaban J connectivity index is 2.03. The monoisotopic (exact) mass is 411 g/mol. The molecule has 0 aliphatic heterocycles. The lowest BCUT2D eigenvalue weighted by molar-refractivity contribution is -0.137. The molecule has 2 aromatic carbocycles. The van der Waals surface area contributed by atoms with E-state index in [2.05, 4.69) is 5.32 Å². The number of anilines is 1. The third-order valence-corrected chi connectivity index (χ3v) is 3.91. The Kier molecular flexibility index (Phi) is 7.23. The van der Waals surface area contributed by atoms with E-state index in [0.29, 0.717) is 24.3 Å². The number of nitrogens with one attached hydrogen (secondary N) is 1. The van der Waals surface area contributed by atoms with Crippen LogP contribution in [-0.4, -0.2) is 18.5 Å². The summed E-state index contributed by atoms with van der Waals surface area (Å²) in [5.74, 6) is -1.02. The Hall–Kier alpha value is -2.80. The maximum atomic E-state index is 12.8. The average Bonchev–Trinajstić information content (AvgIpc) is 2.65. The van der Waals surface area contributed by atoms with Gasteiger partial charge in [-0.3, -0.25) is 4.79 Å². The van der Waals surface area contributed by atoms with Crippen molar-refractivity contribution in [1.29, 1.82) is 0 Å². The molecule has 4 nitrogen and oxygen atoms in total. The fraction of sp³-hybridized carbons (Fsp3) is 0.200. The molecule has 0 bridgehead atoms. The van der Waals surface area contributed by atoms with E-state index in [1.807, 2.05) is 6.92 Å². The third-order valence-electron chi connectivity index (χ3n) is 3.56. The third kappa shape index (κ3) is 6.13. The zero-order valence-corrected chi connectivity index (χ0v) is 15.6. The number of carbonyl (C=O) groups is 2. The van der Waals surface area contributed by atoms with Crippen molar-refractivity contribution in [3.63, 3.8) is 0 Å². The van der Waals surface area contributed by atoms with E-state index in [1.165, 1.54) is 30.3 Å². The first-order valence-corrected chi connectivity index (χ1v) is 8.71. The average molecular weight is 412 g/mol. The smallest absolute Gasteiger partial charge is 0.416 e. The summed E-state index contributed by atoms with van der Waals surface area (Å²) in [4.78, 5) is 23.7. The molecule has 28 heavy (non-hydrogen) atoms. The van der Waals surface area contributed by atoms with Crippen LogP contribution in [0.3, 0.4) is 0 Å². The second-order valence-electron chi connectivity index (χ2n) is 5.77. The molecular formula is C20H17ClF3NO3. The van der Waals surface area contributed by atoms with E-state index in [-0.39, 0.29) is 10.6 Å². The maximum absolute atomic E-state index is 12.8. The van der Waals surface area contributed by atoms with Crippen LogP contribution in [0.4, 0.5) is 18.9 Å². The van der Waals surface area contributed by atoms with Crippen molar-refractivity contribution in [3.8, 4) is 0 Å². The molecule has 0 fully saturated rings. The van der Waals surface area contributed by atoms with Crippen molar-refractivity contribution in [3.05, 3.63) is 70.3 Å². The van der Waals surface area contributed by atoms with Crippen molar-refractivity contribution in [2.24, 2.45) is 0 Å². The SMILES string of the molecule is CCCOC(=O)c1ccc(NC(=O)/C=C/c2cc(C(F)(F)F)ccc2Cl)cc1. The van der Waals surface area contributed by atoms with Gasteiger partial charge in [0.05, 0.1) is 17.7 Å². The molecule has 0 aromatic heterocycles. The molecule has 0 atom stereocenters. The topological polar surface area (TPSA) is 55.4 Å². The van der Waals surface area contributed by atoms with Gasteiger partial charge in [-0.25, -0.2) is 4.79 Å². The zero-order valence-electron chi connectivity index (χ0n) is 14.8. The predicted molar refractivity (Wildman–Crippen MR) is 101 cm³/mol. The Bertz CT molecular complexity index is 877. The van der Waals surface area contributed by atoms with Gasteiger partial charge >= 0.3 is 12.1 Å². The molecule has 148 valence electrons. The first-order valence-electron chi connectivity index (χ1n) is 8.33. The molecule has 0 spiro atoms. The van der Waals surface area contributed by atoms with Crippen LogP contribution in [0.2, 0.25) is 5.02 Å². The van der Waals surface area contributed by atoms with Crippen LogP contribution < -0.4 is 5.32 Å². The van der Waals surface area contributed by atoms with Crippen LogP contribution in [0.5, 0.6) is 0 Å². The van der Waals surface area contributed by atoms with Crippen molar-refractivity contribution >= 4 is 35.2 Å². The molecule has 0 unspecified atom stereocenters. The highest BCUT2D eigenvalue weighted by atomic mass is 35.5. The molecular weight excluding hydrogens is 395 g/mol. The second kappa shape index (κ2) is 9.41. The Labute approximate surface area is 165 Å². The number of halogens is 4. The van der Waals surface area contributed by atoms with Gasteiger partial charge in [0, 0.05) is 16.8 Å². The van der Waals surface area contributed by atoms with Crippen LogP contribution in [0.15, 0.2) is 48.5 Å². The molecule has 0 aliphatic carbocycles. The van der Waals surface area contributed by atoms with Gasteiger partial charge in [0.2, 0.25) is 5.91 Å². The van der Waals surface area contributed by atoms with Gasteiger partial charge in [-0.05, 0) is 60.5 Å². The maximum Gasteiger partial charge on any atom is 0.416 e. The number of amides is 1. The van der Waals surface area contributed by atoms with Gasteiger partial charge in [0.1, 0.15) is 0 Å². The zero-order chi connectivity index (χ0) is 20.7.